The Kier molecular flexibility index (Phi) is 4.47. The largest absolute Gasteiger partial charge is 0.496 e. The van der Waals surface area contributed by atoms with Gasteiger partial charge in [-0.3, -0.25) is 0 Å². The fourth-order valence-corrected chi connectivity index (χ4v) is 2.12. The Morgan fingerprint density at radius 1 is 1.26 bits per heavy atom. The van der Waals surface area contributed by atoms with Gasteiger partial charge in [0.05, 0.1) is 18.8 Å². The quantitative estimate of drug-likeness (QED) is 0.894. The molecule has 0 fully saturated rings. The average Bonchev–Trinajstić information content (AvgIpc) is 2.45. The molecule has 1 aromatic carbocycles. The van der Waals surface area contributed by atoms with E-state index in [9.17, 15) is 0 Å². The molecule has 1 aromatic heterocycles. The zero-order chi connectivity index (χ0) is 13.7. The van der Waals surface area contributed by atoms with Gasteiger partial charge in [0.15, 0.2) is 0 Å². The van der Waals surface area contributed by atoms with Crippen molar-refractivity contribution in [2.24, 2.45) is 0 Å². The second-order valence-electron chi connectivity index (χ2n) is 4.26. The molecule has 0 radical (unpaired) electrons. The van der Waals surface area contributed by atoms with Crippen LogP contribution in [0.15, 0.2) is 36.5 Å². The Bertz CT molecular complexity index is 542. The van der Waals surface area contributed by atoms with Gasteiger partial charge in [-0.05, 0) is 25.6 Å². The van der Waals surface area contributed by atoms with Crippen LogP contribution in [0.2, 0.25) is 0 Å². The molecule has 0 aliphatic rings. The van der Waals surface area contributed by atoms with E-state index in [1.54, 1.807) is 13.3 Å². The van der Waals surface area contributed by atoms with Gasteiger partial charge in [0.25, 0.3) is 0 Å². The number of aryl methyl sites for hydroxylation is 1. The van der Waals surface area contributed by atoms with Gasteiger partial charge in [-0.25, -0.2) is 9.97 Å². The van der Waals surface area contributed by atoms with Gasteiger partial charge in [-0.2, -0.15) is 0 Å². The summed E-state index contributed by atoms with van der Waals surface area (Å²) in [6.07, 6.45) is 1.79. The van der Waals surface area contributed by atoms with Crippen LogP contribution in [-0.2, 0) is 0 Å². The molecule has 19 heavy (non-hydrogen) atoms. The normalized spacial score (nSPS) is 12.2. The topological polar surface area (TPSA) is 47.0 Å². The van der Waals surface area contributed by atoms with E-state index in [2.05, 4.69) is 28.3 Å². The lowest BCUT2D eigenvalue weighted by Gasteiger charge is -2.20. The predicted molar refractivity (Wildman–Crippen MR) is 75.3 cm³/mol. The molecule has 4 nitrogen and oxygen atoms in total. The highest BCUT2D eigenvalue weighted by atomic mass is 16.5. The van der Waals surface area contributed by atoms with Crippen molar-refractivity contribution in [3.63, 3.8) is 0 Å². The smallest absolute Gasteiger partial charge is 0.125 e. The van der Waals surface area contributed by atoms with Crippen LogP contribution in [0.25, 0.3) is 0 Å². The molecule has 4 heteroatoms. The number of para-hydroxylation sites is 1. The van der Waals surface area contributed by atoms with Crippen molar-refractivity contribution in [2.75, 3.05) is 13.7 Å². The molecule has 0 saturated carbocycles. The Hall–Kier alpha value is -1.94. The van der Waals surface area contributed by atoms with Crippen LogP contribution in [0.3, 0.4) is 0 Å². The van der Waals surface area contributed by atoms with Gasteiger partial charge in [-0.15, -0.1) is 0 Å². The maximum Gasteiger partial charge on any atom is 0.125 e. The van der Waals surface area contributed by atoms with Gasteiger partial charge in [0, 0.05) is 11.8 Å². The summed E-state index contributed by atoms with van der Waals surface area (Å²) in [6.45, 7) is 4.83. The van der Waals surface area contributed by atoms with Crippen LogP contribution in [-0.4, -0.2) is 23.6 Å². The Morgan fingerprint density at radius 3 is 2.74 bits per heavy atom. The van der Waals surface area contributed by atoms with E-state index in [0.29, 0.717) is 0 Å². The molecule has 2 rings (SSSR count). The third kappa shape index (κ3) is 3.09. The van der Waals surface area contributed by atoms with E-state index < -0.39 is 0 Å². The Morgan fingerprint density at radius 2 is 2.05 bits per heavy atom. The zero-order valence-electron chi connectivity index (χ0n) is 11.6. The predicted octanol–water partition coefficient (Wildman–Crippen LogP) is 2.49. The summed E-state index contributed by atoms with van der Waals surface area (Å²) in [5, 5.41) is 3.45. The van der Waals surface area contributed by atoms with Gasteiger partial charge in [0.2, 0.25) is 0 Å². The van der Waals surface area contributed by atoms with Crippen molar-refractivity contribution in [1.29, 1.82) is 0 Å². The van der Waals surface area contributed by atoms with Crippen LogP contribution >= 0.6 is 0 Å². The zero-order valence-corrected chi connectivity index (χ0v) is 11.6. The number of methoxy groups -OCH3 is 1. The number of ether oxygens (including phenoxy) is 1. The van der Waals surface area contributed by atoms with Crippen molar-refractivity contribution in [1.82, 2.24) is 15.3 Å². The molecule has 0 aliphatic carbocycles. The van der Waals surface area contributed by atoms with E-state index in [0.717, 1.165) is 29.4 Å². The number of nitrogens with zero attached hydrogens (tertiary/aromatic N) is 2. The number of benzene rings is 1. The van der Waals surface area contributed by atoms with Crippen LogP contribution in [0.4, 0.5) is 0 Å². The van der Waals surface area contributed by atoms with Crippen LogP contribution < -0.4 is 10.1 Å². The van der Waals surface area contributed by atoms with Crippen molar-refractivity contribution in [3.05, 3.63) is 53.6 Å². The fourth-order valence-electron chi connectivity index (χ4n) is 2.12. The molecular formula is C15H19N3O. The lowest BCUT2D eigenvalue weighted by atomic mass is 10.0. The van der Waals surface area contributed by atoms with Gasteiger partial charge in [0.1, 0.15) is 11.6 Å². The lowest BCUT2D eigenvalue weighted by molar-refractivity contribution is 0.403. The molecule has 0 saturated heterocycles. The molecule has 0 amide bonds. The average molecular weight is 257 g/mol. The Balaban J connectivity index is 2.45. The van der Waals surface area contributed by atoms with Gasteiger partial charge >= 0.3 is 0 Å². The minimum Gasteiger partial charge on any atom is -0.496 e. The molecule has 1 unspecified atom stereocenters. The van der Waals surface area contributed by atoms with Crippen LogP contribution in [0.1, 0.15) is 30.0 Å². The third-order valence-electron chi connectivity index (χ3n) is 2.95. The fraction of sp³-hybridized carbons (Fsp3) is 0.333. The number of nitrogens with one attached hydrogen (secondary N) is 1. The number of rotatable bonds is 5. The molecule has 100 valence electrons. The summed E-state index contributed by atoms with van der Waals surface area (Å²) >= 11 is 0. The highest BCUT2D eigenvalue weighted by Crippen LogP contribution is 2.28. The minimum absolute atomic E-state index is 0.0165. The second-order valence-corrected chi connectivity index (χ2v) is 4.26. The van der Waals surface area contributed by atoms with E-state index in [-0.39, 0.29) is 6.04 Å². The number of hydrogen-bond acceptors (Lipinski definition) is 4. The van der Waals surface area contributed by atoms with E-state index in [1.807, 2.05) is 31.2 Å². The van der Waals surface area contributed by atoms with Crippen molar-refractivity contribution in [2.45, 2.75) is 19.9 Å². The summed E-state index contributed by atoms with van der Waals surface area (Å²) in [5.41, 5.74) is 2.05. The van der Waals surface area contributed by atoms with E-state index >= 15 is 0 Å². The van der Waals surface area contributed by atoms with Crippen molar-refractivity contribution < 1.29 is 4.74 Å². The van der Waals surface area contributed by atoms with Crippen LogP contribution in [0, 0.1) is 6.92 Å². The first-order valence-corrected chi connectivity index (χ1v) is 6.42. The second kappa shape index (κ2) is 6.29. The molecule has 2 aromatic rings. The highest BCUT2D eigenvalue weighted by Gasteiger charge is 2.18. The van der Waals surface area contributed by atoms with E-state index in [4.69, 9.17) is 4.74 Å². The standard InChI is InChI=1S/C15H19N3O/c1-4-16-15(13-9-10-17-11(2)18-13)12-7-5-6-8-14(12)19-3/h5-10,15-16H,4H2,1-3H3. The molecule has 0 bridgehead atoms. The highest BCUT2D eigenvalue weighted by molar-refractivity contribution is 5.39. The molecule has 0 aliphatic heterocycles. The van der Waals surface area contributed by atoms with Gasteiger partial charge < -0.3 is 10.1 Å². The van der Waals surface area contributed by atoms with Crippen LogP contribution in [0.5, 0.6) is 5.75 Å². The molecule has 1 heterocycles. The summed E-state index contributed by atoms with van der Waals surface area (Å²) in [5.74, 6) is 1.64. The minimum atomic E-state index is 0.0165. The number of hydrogen-bond donors (Lipinski definition) is 1. The first-order chi connectivity index (χ1) is 9.26. The lowest BCUT2D eigenvalue weighted by Crippen LogP contribution is -2.23. The molecule has 1 atom stereocenters. The first-order valence-electron chi connectivity index (χ1n) is 6.42. The SMILES string of the molecule is CCNC(c1ccnc(C)n1)c1ccccc1OC. The summed E-state index contributed by atoms with van der Waals surface area (Å²) < 4.78 is 5.44. The monoisotopic (exact) mass is 257 g/mol. The van der Waals surface area contributed by atoms with E-state index in [1.165, 1.54) is 0 Å². The first kappa shape index (κ1) is 13.5. The molecule has 0 spiro atoms. The summed E-state index contributed by atoms with van der Waals surface area (Å²) in [7, 11) is 1.69. The van der Waals surface area contributed by atoms with Crippen molar-refractivity contribution in [3.8, 4) is 5.75 Å². The molecule has 1 N–H and O–H groups in total. The maximum absolute atomic E-state index is 5.44. The summed E-state index contributed by atoms with van der Waals surface area (Å²) in [4.78, 5) is 8.66. The van der Waals surface area contributed by atoms with Gasteiger partial charge in [-0.1, -0.05) is 25.1 Å². The third-order valence-corrected chi connectivity index (χ3v) is 2.95. The number of aromatic nitrogens is 2. The maximum atomic E-state index is 5.44. The molecular weight excluding hydrogens is 238 g/mol. The summed E-state index contributed by atoms with van der Waals surface area (Å²) in [6, 6.07) is 9.96. The van der Waals surface area contributed by atoms with Crippen molar-refractivity contribution >= 4 is 0 Å². The Labute approximate surface area is 113 Å².